The van der Waals surface area contributed by atoms with Gasteiger partial charge >= 0.3 is 0 Å². The van der Waals surface area contributed by atoms with Gasteiger partial charge in [0.25, 0.3) is 0 Å². The Balaban J connectivity index is 1.59. The van der Waals surface area contributed by atoms with Crippen molar-refractivity contribution in [2.45, 2.75) is 38.5 Å². The normalized spacial score (nSPS) is 34.7. The van der Waals surface area contributed by atoms with E-state index < -0.39 is 0 Å². The molecule has 3 fully saturated rings. The monoisotopic (exact) mass is 326 g/mol. The lowest BCUT2D eigenvalue weighted by Crippen LogP contribution is -2.47. The maximum atomic E-state index is 13.5. The van der Waals surface area contributed by atoms with Crippen molar-refractivity contribution in [3.8, 4) is 0 Å². The first kappa shape index (κ1) is 15.7. The summed E-state index contributed by atoms with van der Waals surface area (Å²) in [4.78, 5) is 26.9. The van der Waals surface area contributed by atoms with Crippen molar-refractivity contribution in [3.63, 3.8) is 0 Å². The molecular formula is C20H26N2O2. The molecule has 1 aromatic carbocycles. The Morgan fingerprint density at radius 3 is 2.54 bits per heavy atom. The molecule has 4 atom stereocenters. The van der Waals surface area contributed by atoms with Gasteiger partial charge < -0.3 is 10.6 Å². The minimum Gasteiger partial charge on any atom is -0.369 e. The highest BCUT2D eigenvalue weighted by Crippen LogP contribution is 2.58. The molecule has 3 aliphatic rings. The molecule has 2 saturated carbocycles. The molecule has 1 aromatic rings. The number of nitrogens with two attached hydrogens (primary N) is 1. The van der Waals surface area contributed by atoms with Crippen LogP contribution in [0.25, 0.3) is 0 Å². The molecule has 4 rings (SSSR count). The van der Waals surface area contributed by atoms with Gasteiger partial charge in [0.1, 0.15) is 0 Å². The predicted molar refractivity (Wildman–Crippen MR) is 91.9 cm³/mol. The topological polar surface area (TPSA) is 63.4 Å². The first-order chi connectivity index (χ1) is 11.6. The molecular weight excluding hydrogens is 300 g/mol. The summed E-state index contributed by atoms with van der Waals surface area (Å²) < 4.78 is 0. The van der Waals surface area contributed by atoms with Crippen molar-refractivity contribution in [1.82, 2.24) is 4.90 Å². The van der Waals surface area contributed by atoms with Crippen LogP contribution >= 0.6 is 0 Å². The average molecular weight is 326 g/mol. The number of fused-ring (bicyclic) bond motifs is 2. The third kappa shape index (κ3) is 2.52. The highest BCUT2D eigenvalue weighted by atomic mass is 16.2. The Hall–Kier alpha value is -1.84. The van der Waals surface area contributed by atoms with Gasteiger partial charge in [-0.1, -0.05) is 36.8 Å². The summed E-state index contributed by atoms with van der Waals surface area (Å²) in [5.74, 6) is 1.05. The van der Waals surface area contributed by atoms with Crippen LogP contribution in [0, 0.1) is 23.2 Å². The van der Waals surface area contributed by atoms with Gasteiger partial charge in [-0.05, 0) is 49.5 Å². The number of benzene rings is 1. The lowest BCUT2D eigenvalue weighted by molar-refractivity contribution is -0.144. The SMILES string of the molecule is NC(=O)[C@@H]1CCN(C(=O)[C@@]2(Cc3ccccc3)C[C@H]3CC[C@H]2C3)C1. The maximum Gasteiger partial charge on any atom is 0.229 e. The summed E-state index contributed by atoms with van der Waals surface area (Å²) in [7, 11) is 0. The fourth-order valence-corrected chi connectivity index (χ4v) is 5.45. The number of carbonyl (C=O) groups is 2. The van der Waals surface area contributed by atoms with E-state index in [-0.39, 0.29) is 23.1 Å². The average Bonchev–Trinajstić information content (AvgIpc) is 3.31. The van der Waals surface area contributed by atoms with Crippen molar-refractivity contribution < 1.29 is 9.59 Å². The number of likely N-dealkylation sites (tertiary alicyclic amines) is 1. The molecule has 2 aliphatic carbocycles. The first-order valence-electron chi connectivity index (χ1n) is 9.21. The zero-order valence-electron chi connectivity index (χ0n) is 14.1. The van der Waals surface area contributed by atoms with Crippen LogP contribution in [0.5, 0.6) is 0 Å². The van der Waals surface area contributed by atoms with Gasteiger partial charge in [-0.25, -0.2) is 0 Å². The van der Waals surface area contributed by atoms with E-state index in [1.165, 1.54) is 24.8 Å². The third-order valence-electron chi connectivity index (χ3n) is 6.64. The van der Waals surface area contributed by atoms with Gasteiger partial charge in [0.05, 0.1) is 11.3 Å². The third-order valence-corrected chi connectivity index (χ3v) is 6.64. The summed E-state index contributed by atoms with van der Waals surface area (Å²) in [5, 5.41) is 0. The lowest BCUT2D eigenvalue weighted by Gasteiger charge is -2.39. The molecule has 128 valence electrons. The van der Waals surface area contributed by atoms with Gasteiger partial charge in [-0.2, -0.15) is 0 Å². The first-order valence-corrected chi connectivity index (χ1v) is 9.21. The predicted octanol–water partition coefficient (Wildman–Crippen LogP) is 2.37. The van der Waals surface area contributed by atoms with Crippen LogP contribution in [-0.4, -0.2) is 29.8 Å². The fourth-order valence-electron chi connectivity index (χ4n) is 5.45. The van der Waals surface area contributed by atoms with Crippen LogP contribution < -0.4 is 5.73 Å². The Labute approximate surface area is 143 Å². The van der Waals surface area contributed by atoms with E-state index in [9.17, 15) is 9.59 Å². The standard InChI is InChI=1S/C20H26N2O2/c21-18(23)16-8-9-22(13-16)19(24)20(11-14-4-2-1-3-5-14)12-15-6-7-17(20)10-15/h1-5,15-17H,6-13H2,(H2,21,23)/t15-,16+,17-,20-/m0/s1. The Morgan fingerprint density at radius 1 is 1.17 bits per heavy atom. The second-order valence-corrected chi connectivity index (χ2v) is 8.04. The van der Waals surface area contributed by atoms with E-state index in [1.54, 1.807) is 0 Å². The molecule has 2 bridgehead atoms. The van der Waals surface area contributed by atoms with Crippen molar-refractivity contribution in [2.75, 3.05) is 13.1 Å². The van der Waals surface area contributed by atoms with E-state index in [2.05, 4.69) is 24.3 Å². The maximum absolute atomic E-state index is 13.5. The van der Waals surface area contributed by atoms with E-state index >= 15 is 0 Å². The number of rotatable bonds is 4. The van der Waals surface area contributed by atoms with Crippen LogP contribution in [0.3, 0.4) is 0 Å². The second kappa shape index (κ2) is 5.91. The van der Waals surface area contributed by atoms with Crippen LogP contribution in [0.1, 0.15) is 37.7 Å². The highest BCUT2D eigenvalue weighted by molar-refractivity contribution is 5.86. The van der Waals surface area contributed by atoms with Crippen molar-refractivity contribution in [2.24, 2.45) is 28.9 Å². The largest absolute Gasteiger partial charge is 0.369 e. The number of carbonyl (C=O) groups excluding carboxylic acids is 2. The molecule has 0 spiro atoms. The quantitative estimate of drug-likeness (QED) is 0.923. The molecule has 0 radical (unpaired) electrons. The number of amides is 2. The van der Waals surface area contributed by atoms with Gasteiger partial charge in [-0.3, -0.25) is 9.59 Å². The molecule has 1 aliphatic heterocycles. The summed E-state index contributed by atoms with van der Waals surface area (Å²) in [6.07, 6.45) is 6.23. The number of hydrogen-bond acceptors (Lipinski definition) is 2. The fraction of sp³-hybridized carbons (Fsp3) is 0.600. The molecule has 4 heteroatoms. The van der Waals surface area contributed by atoms with Crippen LogP contribution in [0.2, 0.25) is 0 Å². The zero-order chi connectivity index (χ0) is 16.7. The Bertz CT molecular complexity index is 644. The molecule has 4 nitrogen and oxygen atoms in total. The Kier molecular flexibility index (Phi) is 3.86. The van der Waals surface area contributed by atoms with Crippen molar-refractivity contribution in [1.29, 1.82) is 0 Å². The van der Waals surface area contributed by atoms with E-state index in [0.717, 1.165) is 19.3 Å². The molecule has 0 aromatic heterocycles. The number of nitrogens with zero attached hydrogens (tertiary/aromatic N) is 1. The van der Waals surface area contributed by atoms with E-state index in [0.29, 0.717) is 24.9 Å². The smallest absolute Gasteiger partial charge is 0.229 e. The second-order valence-electron chi connectivity index (χ2n) is 8.04. The highest BCUT2D eigenvalue weighted by Gasteiger charge is 2.56. The molecule has 2 N–H and O–H groups in total. The van der Waals surface area contributed by atoms with E-state index in [1.807, 2.05) is 11.0 Å². The van der Waals surface area contributed by atoms with Gasteiger partial charge in [0, 0.05) is 13.1 Å². The molecule has 1 heterocycles. The summed E-state index contributed by atoms with van der Waals surface area (Å²) in [6.45, 7) is 1.20. The summed E-state index contributed by atoms with van der Waals surface area (Å²) >= 11 is 0. The zero-order valence-corrected chi connectivity index (χ0v) is 14.1. The van der Waals surface area contributed by atoms with Crippen LogP contribution in [0.4, 0.5) is 0 Å². The van der Waals surface area contributed by atoms with Crippen molar-refractivity contribution in [3.05, 3.63) is 35.9 Å². The van der Waals surface area contributed by atoms with Gasteiger partial charge in [0.15, 0.2) is 0 Å². The Morgan fingerprint density at radius 2 is 1.96 bits per heavy atom. The van der Waals surface area contributed by atoms with E-state index in [4.69, 9.17) is 5.73 Å². The summed E-state index contributed by atoms with van der Waals surface area (Å²) in [5.41, 5.74) is 6.45. The van der Waals surface area contributed by atoms with Crippen molar-refractivity contribution >= 4 is 11.8 Å². The molecule has 2 amide bonds. The van der Waals surface area contributed by atoms with Crippen LogP contribution in [0.15, 0.2) is 30.3 Å². The van der Waals surface area contributed by atoms with Gasteiger partial charge in [0.2, 0.25) is 11.8 Å². The minimum atomic E-state index is -0.268. The lowest BCUT2D eigenvalue weighted by atomic mass is 9.68. The summed E-state index contributed by atoms with van der Waals surface area (Å²) in [6, 6.07) is 10.4. The molecule has 24 heavy (non-hydrogen) atoms. The van der Waals surface area contributed by atoms with Crippen LogP contribution in [-0.2, 0) is 16.0 Å². The molecule has 1 saturated heterocycles. The minimum absolute atomic E-state index is 0.165. The molecule has 0 unspecified atom stereocenters. The number of primary amides is 1. The number of hydrogen-bond donors (Lipinski definition) is 1. The van der Waals surface area contributed by atoms with Gasteiger partial charge in [-0.15, -0.1) is 0 Å².